The fourth-order valence-electron chi connectivity index (χ4n) is 2.00. The van der Waals surface area contributed by atoms with Gasteiger partial charge in [-0.25, -0.2) is 4.79 Å². The van der Waals surface area contributed by atoms with Gasteiger partial charge in [-0.05, 0) is 29.8 Å². The Labute approximate surface area is 129 Å². The Kier molecular flexibility index (Phi) is 4.68. The molecule has 2 N–H and O–H groups in total. The topological polar surface area (TPSA) is 66.4 Å². The average molecular weight is 323 g/mol. The zero-order valence-electron chi connectivity index (χ0n) is 11.7. The van der Waals surface area contributed by atoms with E-state index in [1.165, 1.54) is 42.5 Å². The Morgan fingerprint density at radius 2 is 1.65 bits per heavy atom. The predicted molar refractivity (Wildman–Crippen MR) is 77.6 cm³/mol. The number of amides is 1. The average Bonchev–Trinajstić information content (AvgIpc) is 2.48. The summed E-state index contributed by atoms with van der Waals surface area (Å²) in [6.07, 6.45) is -5.57. The van der Waals surface area contributed by atoms with E-state index < -0.39 is 24.5 Å². The van der Waals surface area contributed by atoms with Gasteiger partial charge in [0.1, 0.15) is 0 Å². The van der Waals surface area contributed by atoms with Gasteiger partial charge in [0.25, 0.3) is 5.91 Å². The summed E-state index contributed by atoms with van der Waals surface area (Å²) in [5.41, 5.74) is -0.0637. The Morgan fingerprint density at radius 1 is 1.00 bits per heavy atom. The van der Waals surface area contributed by atoms with Gasteiger partial charge in [-0.2, -0.15) is 13.2 Å². The summed E-state index contributed by atoms with van der Waals surface area (Å²) in [6, 6.07) is 10.8. The van der Waals surface area contributed by atoms with Crippen molar-refractivity contribution in [2.75, 3.05) is 5.32 Å². The third-order valence-electron chi connectivity index (χ3n) is 3.03. The van der Waals surface area contributed by atoms with Crippen molar-refractivity contribution < 1.29 is 27.9 Å². The highest BCUT2D eigenvalue weighted by Crippen LogP contribution is 2.26. The van der Waals surface area contributed by atoms with Crippen molar-refractivity contribution in [2.45, 2.75) is 12.6 Å². The second kappa shape index (κ2) is 6.51. The first kappa shape index (κ1) is 16.5. The molecule has 2 rings (SSSR count). The van der Waals surface area contributed by atoms with Gasteiger partial charge in [-0.1, -0.05) is 24.3 Å². The van der Waals surface area contributed by atoms with E-state index in [0.717, 1.165) is 6.07 Å². The maximum absolute atomic E-state index is 12.5. The van der Waals surface area contributed by atoms with Gasteiger partial charge < -0.3 is 10.4 Å². The Balaban J connectivity index is 2.24. The van der Waals surface area contributed by atoms with Crippen LogP contribution in [0, 0.1) is 0 Å². The van der Waals surface area contributed by atoms with E-state index in [9.17, 15) is 22.8 Å². The summed E-state index contributed by atoms with van der Waals surface area (Å²) in [5, 5.41) is 11.3. The molecule has 0 bridgehead atoms. The minimum atomic E-state index is -4.40. The fourth-order valence-corrected chi connectivity index (χ4v) is 2.00. The predicted octanol–water partition coefficient (Wildman–Crippen LogP) is 3.74. The number of hydrogen-bond donors (Lipinski definition) is 2. The third kappa shape index (κ3) is 4.57. The van der Waals surface area contributed by atoms with E-state index in [4.69, 9.17) is 5.11 Å². The quantitative estimate of drug-likeness (QED) is 0.901. The molecule has 0 aliphatic heterocycles. The molecule has 0 atom stereocenters. The number of alkyl halides is 3. The third-order valence-corrected chi connectivity index (χ3v) is 3.03. The number of aromatic carboxylic acids is 1. The number of carbonyl (C=O) groups excluding carboxylic acids is 1. The zero-order chi connectivity index (χ0) is 17.0. The molecule has 0 aliphatic rings. The molecule has 0 fully saturated rings. The van der Waals surface area contributed by atoms with Crippen LogP contribution in [0.25, 0.3) is 0 Å². The van der Waals surface area contributed by atoms with Gasteiger partial charge in [-0.15, -0.1) is 0 Å². The van der Waals surface area contributed by atoms with E-state index >= 15 is 0 Å². The number of halogens is 3. The number of carboxylic acids is 1. The number of anilines is 1. The van der Waals surface area contributed by atoms with Crippen LogP contribution in [0.1, 0.15) is 26.3 Å². The zero-order valence-corrected chi connectivity index (χ0v) is 11.7. The maximum atomic E-state index is 12.5. The minimum Gasteiger partial charge on any atom is -0.478 e. The van der Waals surface area contributed by atoms with E-state index in [2.05, 4.69) is 5.32 Å². The number of nitrogens with one attached hydrogen (secondary N) is 1. The smallest absolute Gasteiger partial charge is 0.393 e. The highest BCUT2D eigenvalue weighted by Gasteiger charge is 2.29. The van der Waals surface area contributed by atoms with Gasteiger partial charge in [0, 0.05) is 11.3 Å². The summed E-state index contributed by atoms with van der Waals surface area (Å²) in [6.45, 7) is 0. The molecule has 1 amide bonds. The molecule has 2 aromatic rings. The number of benzene rings is 2. The SMILES string of the molecule is O=C(O)c1cccc(C(=O)Nc2ccccc2CC(F)(F)F)c1. The summed E-state index contributed by atoms with van der Waals surface area (Å²) in [7, 11) is 0. The van der Waals surface area contributed by atoms with Crippen LogP contribution in [0.5, 0.6) is 0 Å². The van der Waals surface area contributed by atoms with Crippen LogP contribution in [0.4, 0.5) is 18.9 Å². The van der Waals surface area contributed by atoms with Crippen LogP contribution in [-0.2, 0) is 6.42 Å². The van der Waals surface area contributed by atoms with Crippen LogP contribution in [0.15, 0.2) is 48.5 Å². The van der Waals surface area contributed by atoms with Crippen LogP contribution >= 0.6 is 0 Å². The molecule has 0 aliphatic carbocycles. The Hall–Kier alpha value is -2.83. The summed E-state index contributed by atoms with van der Waals surface area (Å²) in [5.74, 6) is -1.88. The molecule has 0 unspecified atom stereocenters. The van der Waals surface area contributed by atoms with Crippen molar-refractivity contribution in [2.24, 2.45) is 0 Å². The maximum Gasteiger partial charge on any atom is 0.393 e. The molecule has 23 heavy (non-hydrogen) atoms. The lowest BCUT2D eigenvalue weighted by molar-refractivity contribution is -0.127. The van der Waals surface area contributed by atoms with E-state index in [1.807, 2.05) is 0 Å². The summed E-state index contributed by atoms with van der Waals surface area (Å²) < 4.78 is 37.6. The molecule has 0 aromatic heterocycles. The monoisotopic (exact) mass is 323 g/mol. The second-order valence-corrected chi connectivity index (χ2v) is 4.79. The molecule has 120 valence electrons. The molecule has 0 saturated carbocycles. The highest BCUT2D eigenvalue weighted by molar-refractivity contribution is 6.05. The van der Waals surface area contributed by atoms with Crippen LogP contribution < -0.4 is 5.32 Å². The van der Waals surface area contributed by atoms with E-state index in [1.54, 1.807) is 0 Å². The Bertz CT molecular complexity index is 741. The molecule has 0 spiro atoms. The van der Waals surface area contributed by atoms with Gasteiger partial charge in [-0.3, -0.25) is 4.79 Å². The number of carboxylic acid groups (broad SMARTS) is 1. The normalized spacial score (nSPS) is 11.1. The summed E-state index contributed by atoms with van der Waals surface area (Å²) >= 11 is 0. The van der Waals surface area contributed by atoms with Crippen LogP contribution in [0.2, 0.25) is 0 Å². The number of rotatable bonds is 4. The number of carbonyl (C=O) groups is 2. The van der Waals surface area contributed by atoms with Crippen molar-refractivity contribution in [3.8, 4) is 0 Å². The molecule has 0 saturated heterocycles. The van der Waals surface area contributed by atoms with Gasteiger partial charge >= 0.3 is 12.1 Å². The Morgan fingerprint density at radius 3 is 2.30 bits per heavy atom. The molecule has 4 nitrogen and oxygen atoms in total. The van der Waals surface area contributed by atoms with Gasteiger partial charge in [0.2, 0.25) is 0 Å². The van der Waals surface area contributed by atoms with E-state index in [0.29, 0.717) is 0 Å². The van der Waals surface area contributed by atoms with Gasteiger partial charge in [0.05, 0.1) is 12.0 Å². The van der Waals surface area contributed by atoms with Crippen molar-refractivity contribution >= 4 is 17.6 Å². The molecular formula is C16H12F3NO3. The van der Waals surface area contributed by atoms with Crippen molar-refractivity contribution in [1.29, 1.82) is 0 Å². The molecule has 7 heteroatoms. The minimum absolute atomic E-state index is 0.0375. The molecule has 0 heterocycles. The van der Waals surface area contributed by atoms with Crippen molar-refractivity contribution in [1.82, 2.24) is 0 Å². The first-order valence-electron chi connectivity index (χ1n) is 6.55. The molecule has 0 radical (unpaired) electrons. The van der Waals surface area contributed by atoms with E-state index in [-0.39, 0.29) is 22.4 Å². The highest BCUT2D eigenvalue weighted by atomic mass is 19.4. The standard InChI is InChI=1S/C16H12F3NO3/c17-16(18,19)9-12-4-1-2-7-13(12)20-14(21)10-5-3-6-11(8-10)15(22)23/h1-8H,9H2,(H,20,21)(H,22,23). The lowest BCUT2D eigenvalue weighted by Crippen LogP contribution is -2.17. The molecular weight excluding hydrogens is 311 g/mol. The summed E-state index contributed by atoms with van der Waals surface area (Å²) in [4.78, 5) is 23.0. The number of hydrogen-bond acceptors (Lipinski definition) is 2. The van der Waals surface area contributed by atoms with Crippen LogP contribution in [0.3, 0.4) is 0 Å². The number of para-hydroxylation sites is 1. The first-order chi connectivity index (χ1) is 10.8. The van der Waals surface area contributed by atoms with Crippen LogP contribution in [-0.4, -0.2) is 23.2 Å². The largest absolute Gasteiger partial charge is 0.478 e. The first-order valence-corrected chi connectivity index (χ1v) is 6.55. The molecule has 2 aromatic carbocycles. The van der Waals surface area contributed by atoms with Crippen molar-refractivity contribution in [3.63, 3.8) is 0 Å². The van der Waals surface area contributed by atoms with Crippen molar-refractivity contribution in [3.05, 3.63) is 65.2 Å². The fraction of sp³-hybridized carbons (Fsp3) is 0.125. The van der Waals surface area contributed by atoms with Gasteiger partial charge in [0.15, 0.2) is 0 Å². The lowest BCUT2D eigenvalue weighted by Gasteiger charge is -2.13. The lowest BCUT2D eigenvalue weighted by atomic mass is 10.1. The second-order valence-electron chi connectivity index (χ2n) is 4.79.